The van der Waals surface area contributed by atoms with E-state index in [1.807, 2.05) is 24.3 Å². The van der Waals surface area contributed by atoms with Gasteiger partial charge >= 0.3 is 0 Å². The summed E-state index contributed by atoms with van der Waals surface area (Å²) in [6.07, 6.45) is 4.33. The van der Waals surface area contributed by atoms with Gasteiger partial charge in [0, 0.05) is 14.2 Å². The van der Waals surface area contributed by atoms with Crippen molar-refractivity contribution in [1.29, 1.82) is 0 Å². The summed E-state index contributed by atoms with van der Waals surface area (Å²) in [6, 6.07) is 5.90. The number of fused-ring (bicyclic) bond motifs is 1. The minimum Gasteiger partial charge on any atom is -0.493 e. The van der Waals surface area contributed by atoms with Crippen molar-refractivity contribution >= 4 is 24.1 Å². The maximum Gasteiger partial charge on any atom is 0.220 e. The molecule has 0 spiro atoms. The summed E-state index contributed by atoms with van der Waals surface area (Å²) >= 11 is 0. The summed E-state index contributed by atoms with van der Waals surface area (Å²) < 4.78 is 6.95. The topological polar surface area (TPSA) is 84.0 Å². The van der Waals surface area contributed by atoms with Crippen LogP contribution in [0.15, 0.2) is 28.2 Å². The second kappa shape index (κ2) is 7.70. The van der Waals surface area contributed by atoms with Crippen molar-refractivity contribution in [3.05, 3.63) is 34.5 Å². The summed E-state index contributed by atoms with van der Waals surface area (Å²) in [5.41, 5.74) is 1.33. The molecule has 138 valence electrons. The van der Waals surface area contributed by atoms with E-state index in [0.29, 0.717) is 24.2 Å². The molecule has 1 aromatic heterocycles. The number of aliphatic imine (C=N–C) groups is 1. The van der Waals surface area contributed by atoms with Crippen LogP contribution >= 0.6 is 0 Å². The third-order valence-corrected chi connectivity index (χ3v) is 4.24. The Morgan fingerprint density at radius 3 is 2.88 bits per heavy atom. The van der Waals surface area contributed by atoms with Crippen LogP contribution in [-0.2, 0) is 11.8 Å². The van der Waals surface area contributed by atoms with Crippen LogP contribution in [0.5, 0.6) is 5.88 Å². The van der Waals surface area contributed by atoms with E-state index in [9.17, 15) is 5.11 Å². The van der Waals surface area contributed by atoms with Crippen molar-refractivity contribution in [3.63, 3.8) is 0 Å². The summed E-state index contributed by atoms with van der Waals surface area (Å²) in [5.74, 6) is 1.26. The summed E-state index contributed by atoms with van der Waals surface area (Å²) in [6.45, 7) is 4.92. The second-order valence-electron chi connectivity index (χ2n) is 6.90. The van der Waals surface area contributed by atoms with Crippen LogP contribution in [0.1, 0.15) is 26.0 Å². The molecule has 0 saturated carbocycles. The van der Waals surface area contributed by atoms with Crippen LogP contribution in [-0.4, -0.2) is 40.8 Å². The van der Waals surface area contributed by atoms with Gasteiger partial charge < -0.3 is 15.2 Å². The number of aromatic hydroxyl groups is 1. The molecule has 0 saturated heterocycles. The van der Waals surface area contributed by atoms with E-state index < -0.39 is 0 Å². The van der Waals surface area contributed by atoms with Gasteiger partial charge in [-0.25, -0.2) is 15.0 Å². The van der Waals surface area contributed by atoms with Crippen molar-refractivity contribution < 1.29 is 9.84 Å². The average molecular weight is 355 g/mol. The normalized spacial score (nSPS) is 14.6. The molecule has 0 radical (unpaired) electrons. The maximum absolute atomic E-state index is 10.4. The van der Waals surface area contributed by atoms with E-state index in [0.717, 1.165) is 22.7 Å². The first-order valence-electron chi connectivity index (χ1n) is 8.71. The minimum atomic E-state index is 0.113. The smallest absolute Gasteiger partial charge is 0.220 e. The predicted molar refractivity (Wildman–Crippen MR) is 103 cm³/mol. The largest absolute Gasteiger partial charge is 0.493 e. The molecule has 3 rings (SSSR count). The Morgan fingerprint density at radius 2 is 2.15 bits per heavy atom. The fraction of sp³-hybridized carbons (Fsp3) is 0.421. The monoisotopic (exact) mass is 355 g/mol. The first kappa shape index (κ1) is 18.1. The standard InChI is InChI=1S/C19H25N5O2/c1-12(2)7-14(10-26-4)22-19-23-17(18(25)24(19)3)9-13-5-6-15-16(8-13)21-11-20-15/h5-6,8-9,11-12,14,25H,7,10H2,1-4H3,(H,22,23)/t14-/m1/s1. The van der Waals surface area contributed by atoms with Crippen LogP contribution in [0.3, 0.4) is 0 Å². The zero-order valence-electron chi connectivity index (χ0n) is 15.6. The fourth-order valence-corrected chi connectivity index (χ4v) is 3.01. The highest BCUT2D eigenvalue weighted by Crippen LogP contribution is 2.23. The predicted octanol–water partition coefficient (Wildman–Crippen LogP) is 1.72. The Kier molecular flexibility index (Phi) is 5.37. The van der Waals surface area contributed by atoms with Gasteiger partial charge in [0.2, 0.25) is 11.8 Å². The average Bonchev–Trinajstić information content (AvgIpc) is 3.15. The molecule has 1 aromatic carbocycles. The Labute approximate surface area is 152 Å². The number of ether oxygens (including phenoxy) is 1. The number of imidazole rings is 1. The van der Waals surface area contributed by atoms with Crippen LogP contribution in [0.2, 0.25) is 0 Å². The zero-order valence-corrected chi connectivity index (χ0v) is 15.6. The molecule has 2 aromatic rings. The number of hydrogen-bond donors (Lipinski definition) is 2. The number of nitrogens with zero attached hydrogens (tertiary/aromatic N) is 4. The third kappa shape index (κ3) is 3.94. The zero-order chi connectivity index (χ0) is 18.7. The molecule has 0 fully saturated rings. The summed E-state index contributed by atoms with van der Waals surface area (Å²) in [5, 5.41) is 15.6. The highest BCUT2D eigenvalue weighted by molar-refractivity contribution is 5.67. The second-order valence-corrected chi connectivity index (χ2v) is 6.90. The first-order chi connectivity index (χ1) is 12.5. The molecule has 2 N–H and O–H groups in total. The lowest BCUT2D eigenvalue weighted by Crippen LogP contribution is -2.28. The number of rotatable bonds is 7. The lowest BCUT2D eigenvalue weighted by atomic mass is 10.0. The number of hydrogen-bond acceptors (Lipinski definition) is 6. The van der Waals surface area contributed by atoms with Crippen LogP contribution in [0.4, 0.5) is 11.6 Å². The molecule has 26 heavy (non-hydrogen) atoms. The Hall–Kier alpha value is -2.67. The van der Waals surface area contributed by atoms with Crippen molar-refractivity contribution in [2.24, 2.45) is 23.0 Å². The molecule has 1 atom stereocenters. The van der Waals surface area contributed by atoms with Crippen molar-refractivity contribution in [3.8, 4) is 5.88 Å². The first-order valence-corrected chi connectivity index (χ1v) is 8.71. The molecular formula is C19H25N5O2. The van der Waals surface area contributed by atoms with Crippen LogP contribution < -0.4 is 15.9 Å². The molecule has 7 nitrogen and oxygen atoms in total. The van der Waals surface area contributed by atoms with Gasteiger partial charge in [-0.05, 0) is 35.8 Å². The van der Waals surface area contributed by atoms with Crippen LogP contribution in [0, 0.1) is 5.92 Å². The lowest BCUT2D eigenvalue weighted by molar-refractivity contribution is 0.177. The van der Waals surface area contributed by atoms with Gasteiger partial charge in [-0.2, -0.15) is 0 Å². The summed E-state index contributed by atoms with van der Waals surface area (Å²) in [7, 11) is 3.47. The molecule has 0 amide bonds. The molecular weight excluding hydrogens is 330 g/mol. The van der Waals surface area contributed by atoms with Crippen molar-refractivity contribution in [1.82, 2.24) is 9.55 Å². The quantitative estimate of drug-likeness (QED) is 0.792. The number of nitrogens with one attached hydrogen (secondary N) is 1. The number of aromatic nitrogens is 2. The Balaban J connectivity index is 1.88. The van der Waals surface area contributed by atoms with Crippen molar-refractivity contribution in [2.75, 3.05) is 19.0 Å². The van der Waals surface area contributed by atoms with E-state index in [4.69, 9.17) is 4.74 Å². The van der Waals surface area contributed by atoms with E-state index >= 15 is 0 Å². The molecule has 0 unspecified atom stereocenters. The van der Waals surface area contributed by atoms with Gasteiger partial charge in [0.05, 0.1) is 23.7 Å². The molecule has 1 aliphatic rings. The molecule has 0 bridgehead atoms. The van der Waals surface area contributed by atoms with Gasteiger partial charge in [0.15, 0.2) is 0 Å². The minimum absolute atomic E-state index is 0.113. The highest BCUT2D eigenvalue weighted by Gasteiger charge is 2.17. The maximum atomic E-state index is 10.4. The summed E-state index contributed by atoms with van der Waals surface area (Å²) in [4.78, 5) is 12.9. The van der Waals surface area contributed by atoms with Gasteiger partial charge in [-0.1, -0.05) is 19.9 Å². The molecule has 1 aliphatic heterocycles. The van der Waals surface area contributed by atoms with Crippen LogP contribution in [0.25, 0.3) is 6.08 Å². The lowest BCUT2D eigenvalue weighted by Gasteiger charge is -2.20. The van der Waals surface area contributed by atoms with Gasteiger partial charge in [0.1, 0.15) is 12.0 Å². The van der Waals surface area contributed by atoms with Gasteiger partial charge in [-0.3, -0.25) is 4.57 Å². The van der Waals surface area contributed by atoms with Crippen molar-refractivity contribution in [2.45, 2.75) is 26.3 Å². The fourth-order valence-electron chi connectivity index (χ4n) is 3.01. The van der Waals surface area contributed by atoms with E-state index in [1.165, 1.54) is 0 Å². The third-order valence-electron chi connectivity index (χ3n) is 4.24. The highest BCUT2D eigenvalue weighted by atomic mass is 16.5. The van der Waals surface area contributed by atoms with Gasteiger partial charge in [-0.15, -0.1) is 0 Å². The molecule has 7 heteroatoms. The Bertz CT molecular complexity index is 930. The molecule has 2 heterocycles. The van der Waals surface area contributed by atoms with E-state index in [-0.39, 0.29) is 11.9 Å². The number of benzene rings is 1. The van der Waals surface area contributed by atoms with Gasteiger partial charge in [0.25, 0.3) is 0 Å². The SMILES string of the molecule is COC[C@@H](CC(C)C)Nc1nc(C=c2ccc3c(c2)N=CN=3)c(O)n1C. The number of methoxy groups -OCH3 is 1. The van der Waals surface area contributed by atoms with E-state index in [1.54, 1.807) is 25.1 Å². The Morgan fingerprint density at radius 1 is 1.35 bits per heavy atom. The molecule has 0 aliphatic carbocycles. The van der Waals surface area contributed by atoms with E-state index in [2.05, 4.69) is 34.1 Å². The number of anilines is 1.